The van der Waals surface area contributed by atoms with Gasteiger partial charge < -0.3 is 20.1 Å². The Bertz CT molecular complexity index is 2030. The van der Waals surface area contributed by atoms with Crippen LogP contribution in [0.1, 0.15) is 105 Å². The number of imide groups is 1. The molecule has 304 valence electrons. The van der Waals surface area contributed by atoms with Crippen LogP contribution in [0.15, 0.2) is 66.7 Å². The van der Waals surface area contributed by atoms with Crippen molar-refractivity contribution in [3.8, 4) is 18.3 Å². The van der Waals surface area contributed by atoms with Gasteiger partial charge in [0.2, 0.25) is 0 Å². The number of nitrogens with one attached hydrogen (secondary N) is 2. The zero-order valence-corrected chi connectivity index (χ0v) is 35.4. The lowest BCUT2D eigenvalue weighted by molar-refractivity contribution is -0.147. The van der Waals surface area contributed by atoms with E-state index >= 15 is 0 Å². The topological polar surface area (TPSA) is 134 Å². The quantitative estimate of drug-likeness (QED) is 0.0841. The summed E-state index contributed by atoms with van der Waals surface area (Å²) in [7, 11) is 0. The predicted molar refractivity (Wildman–Crippen MR) is 223 cm³/mol. The molecule has 57 heavy (non-hydrogen) atoms. The highest BCUT2D eigenvalue weighted by molar-refractivity contribution is 6.34. The molecule has 4 rings (SSSR count). The van der Waals surface area contributed by atoms with Crippen molar-refractivity contribution in [2.75, 3.05) is 10.6 Å². The molecule has 1 heterocycles. The van der Waals surface area contributed by atoms with Crippen LogP contribution in [0.5, 0.6) is 5.75 Å². The Kier molecular flexibility index (Phi) is 13.9. The molecule has 2 N–H and O–H groups in total. The molecule has 3 aromatic rings. The highest BCUT2D eigenvalue weighted by Gasteiger charge is 2.54. The Morgan fingerprint density at radius 1 is 0.860 bits per heavy atom. The number of amides is 5. The minimum atomic E-state index is -1.92. The second kappa shape index (κ2) is 17.9. The van der Waals surface area contributed by atoms with Gasteiger partial charge in [0.1, 0.15) is 11.9 Å². The molecule has 1 aliphatic rings. The van der Waals surface area contributed by atoms with Gasteiger partial charge in [-0.3, -0.25) is 24.1 Å². The molecule has 3 atom stereocenters. The van der Waals surface area contributed by atoms with Crippen molar-refractivity contribution in [1.82, 2.24) is 9.80 Å². The molecule has 0 aliphatic carbocycles. The van der Waals surface area contributed by atoms with Crippen LogP contribution in [0.4, 0.5) is 16.2 Å². The van der Waals surface area contributed by atoms with Gasteiger partial charge in [-0.2, -0.15) is 0 Å². The molecule has 3 unspecified atom stereocenters. The zero-order valence-electron chi connectivity index (χ0n) is 34.6. The Morgan fingerprint density at radius 2 is 1.51 bits per heavy atom. The summed E-state index contributed by atoms with van der Waals surface area (Å²) in [6.45, 7) is 19.5. The largest absolute Gasteiger partial charge is 0.480 e. The number of ketones is 1. The zero-order chi connectivity index (χ0) is 42.5. The normalized spacial score (nSPS) is 15.8. The molecule has 11 nitrogen and oxygen atoms in total. The van der Waals surface area contributed by atoms with Crippen LogP contribution in [-0.2, 0) is 41.3 Å². The van der Waals surface area contributed by atoms with Gasteiger partial charge in [0.15, 0.2) is 17.9 Å². The average molecular weight is 799 g/mol. The van der Waals surface area contributed by atoms with Gasteiger partial charge in [0.25, 0.3) is 23.9 Å². The van der Waals surface area contributed by atoms with Crippen LogP contribution in [-0.4, -0.2) is 57.7 Å². The number of carbonyl (C=O) groups excluding carboxylic acids is 5. The van der Waals surface area contributed by atoms with Crippen molar-refractivity contribution in [1.29, 1.82) is 0 Å². The first-order valence-electron chi connectivity index (χ1n) is 19.3. The third-order valence-electron chi connectivity index (χ3n) is 10.7. The molecule has 0 radical (unpaired) electrons. The number of hydrogen-bond acceptors (Lipinski definition) is 7. The van der Waals surface area contributed by atoms with E-state index in [1.54, 1.807) is 57.2 Å². The van der Waals surface area contributed by atoms with E-state index in [1.165, 1.54) is 17.7 Å². The first-order valence-corrected chi connectivity index (χ1v) is 19.6. The number of nitrogens with zero attached hydrogens (tertiary/aromatic N) is 2. The van der Waals surface area contributed by atoms with Crippen LogP contribution in [0.25, 0.3) is 0 Å². The molecule has 5 amide bonds. The van der Waals surface area contributed by atoms with E-state index in [9.17, 15) is 24.0 Å². The summed E-state index contributed by atoms with van der Waals surface area (Å²) in [5, 5.41) is 5.56. The predicted octanol–water partition coefficient (Wildman–Crippen LogP) is 8.83. The van der Waals surface area contributed by atoms with Gasteiger partial charge in [0.05, 0.1) is 17.3 Å². The Labute approximate surface area is 341 Å². The van der Waals surface area contributed by atoms with Crippen molar-refractivity contribution < 1.29 is 33.4 Å². The number of halogens is 1. The van der Waals surface area contributed by atoms with Crippen LogP contribution in [0, 0.1) is 17.9 Å². The first kappa shape index (κ1) is 44.4. The summed E-state index contributed by atoms with van der Waals surface area (Å²) in [5.74, 6) is -2.50. The smallest absolute Gasteiger partial charge is 0.331 e. The number of carbonyl (C=O) groups is 5. The third kappa shape index (κ3) is 9.98. The maximum absolute atomic E-state index is 14.2. The molecule has 1 fully saturated rings. The van der Waals surface area contributed by atoms with E-state index in [-0.39, 0.29) is 33.8 Å². The maximum atomic E-state index is 14.2. The van der Waals surface area contributed by atoms with Crippen LogP contribution in [0.3, 0.4) is 0 Å². The number of Topliss-reactive ketones (excluding diaryl/α,β-unsaturated/α-hetero) is 1. The minimum absolute atomic E-state index is 0.0258. The van der Waals surface area contributed by atoms with Gasteiger partial charge in [-0.25, -0.2) is 9.69 Å². The van der Waals surface area contributed by atoms with Gasteiger partial charge in [0, 0.05) is 16.7 Å². The number of urea groups is 1. The monoisotopic (exact) mass is 798 g/mol. The fraction of sp³-hybridized carbons (Fsp3) is 0.444. The highest BCUT2D eigenvalue weighted by Crippen LogP contribution is 2.39. The lowest BCUT2D eigenvalue weighted by atomic mass is 9.76. The number of benzene rings is 3. The van der Waals surface area contributed by atoms with E-state index < -0.39 is 53.3 Å². The van der Waals surface area contributed by atoms with Crippen molar-refractivity contribution in [3.63, 3.8) is 0 Å². The lowest BCUT2D eigenvalue weighted by Gasteiger charge is -2.31. The Morgan fingerprint density at radius 3 is 2.09 bits per heavy atom. The number of anilines is 2. The number of ether oxygens (including phenoxy) is 2. The van der Waals surface area contributed by atoms with Gasteiger partial charge in [-0.05, 0) is 65.5 Å². The number of rotatable bonds is 16. The van der Waals surface area contributed by atoms with Crippen molar-refractivity contribution >= 4 is 52.5 Å². The Balaban J connectivity index is 1.62. The van der Waals surface area contributed by atoms with Gasteiger partial charge >= 0.3 is 6.03 Å². The van der Waals surface area contributed by atoms with E-state index in [4.69, 9.17) is 27.5 Å². The summed E-state index contributed by atoms with van der Waals surface area (Å²) >= 11 is 6.54. The molecule has 0 spiro atoms. The molecule has 1 aliphatic heterocycles. The molecule has 3 aromatic carbocycles. The van der Waals surface area contributed by atoms with Crippen molar-refractivity contribution in [2.45, 2.75) is 124 Å². The fourth-order valence-corrected chi connectivity index (χ4v) is 6.44. The maximum Gasteiger partial charge on any atom is 0.331 e. The fourth-order valence-electron chi connectivity index (χ4n) is 6.27. The second-order valence-corrected chi connectivity index (χ2v) is 17.0. The van der Waals surface area contributed by atoms with Crippen LogP contribution < -0.4 is 15.4 Å². The summed E-state index contributed by atoms with van der Waals surface area (Å²) in [6, 6.07) is 16.6. The average Bonchev–Trinajstić information content (AvgIpc) is 3.38. The summed E-state index contributed by atoms with van der Waals surface area (Å²) in [4.78, 5) is 71.2. The standard InChI is InChI=1S/C45H55ClN4O7/c1-12-34(57-35-24-21-29(44(8,9)13-2)25-31(35)45(10,11)14-3)38(52)47-30-22-23-32(46)33(26-30)48-39(53)36(37(51)43(5,6)7)50-40(54)41(56-15-4)49(42(50)55)27-28-19-17-16-18-20-28/h4,16-26,34,36,41H,12-14,27H2,1-3,5-11H3,(H,47,52)(H,48,53). The lowest BCUT2D eigenvalue weighted by Crippen LogP contribution is -2.55. The van der Waals surface area contributed by atoms with E-state index in [0.717, 1.165) is 23.3 Å². The van der Waals surface area contributed by atoms with Gasteiger partial charge in [-0.1, -0.05) is 130 Å². The summed E-state index contributed by atoms with van der Waals surface area (Å²) in [6.07, 6.45) is 7.07. The van der Waals surface area contributed by atoms with Gasteiger partial charge in [-0.15, -0.1) is 0 Å². The number of terminal acetylenes is 1. The Hall–Kier alpha value is -5.34. The molecule has 12 heteroatoms. The first-order chi connectivity index (χ1) is 26.7. The van der Waals surface area contributed by atoms with Crippen LogP contribution in [0.2, 0.25) is 5.02 Å². The molecule has 0 bridgehead atoms. The van der Waals surface area contributed by atoms with E-state index in [1.807, 2.05) is 19.1 Å². The second-order valence-electron chi connectivity index (χ2n) is 16.6. The number of hydrogen-bond donors (Lipinski definition) is 2. The highest BCUT2D eigenvalue weighted by atomic mass is 35.5. The van der Waals surface area contributed by atoms with Crippen molar-refractivity contribution in [2.24, 2.45) is 5.41 Å². The third-order valence-corrected chi connectivity index (χ3v) is 11.1. The molecule has 0 saturated carbocycles. The molecular formula is C45H55ClN4O7. The van der Waals surface area contributed by atoms with Crippen molar-refractivity contribution in [3.05, 3.63) is 88.4 Å². The minimum Gasteiger partial charge on any atom is -0.480 e. The summed E-state index contributed by atoms with van der Waals surface area (Å²) in [5.41, 5.74) is 1.73. The molecule has 0 aromatic heterocycles. The van der Waals surface area contributed by atoms with E-state index in [2.05, 4.69) is 64.3 Å². The van der Waals surface area contributed by atoms with Crippen LogP contribution >= 0.6 is 11.6 Å². The molecule has 1 saturated heterocycles. The van der Waals surface area contributed by atoms with E-state index in [0.29, 0.717) is 22.6 Å². The summed E-state index contributed by atoms with van der Waals surface area (Å²) < 4.78 is 11.7. The SMILES string of the molecule is C#COC1C(=O)N(C(C(=O)Nc2cc(NC(=O)C(CC)Oc3ccc(C(C)(C)CC)cc3C(C)(C)CC)ccc2Cl)C(=O)C(C)(C)C)C(=O)N1Cc1ccccc1. The molecular weight excluding hydrogens is 744 g/mol.